The summed E-state index contributed by atoms with van der Waals surface area (Å²) in [5, 5.41) is 4.76. The highest BCUT2D eigenvalue weighted by atomic mass is 32.2. The predicted molar refractivity (Wildman–Crippen MR) is 103 cm³/mol. The summed E-state index contributed by atoms with van der Waals surface area (Å²) >= 11 is 1.52. The quantitative estimate of drug-likeness (QED) is 0.749. The van der Waals surface area contributed by atoms with Gasteiger partial charge in [-0.3, -0.25) is 9.36 Å². The standard InChI is InChI=1S/C18H17N3O3S2/c1-11-3-4-12(2)21(11)18-20-15-6-5-13(9-16(15)25-18)17(22)19-14-7-8-26(23,24)10-14/h3-9,14H,10H2,1-2H3,(H,19,22)/t14-/m1/s1. The fourth-order valence-corrected chi connectivity index (χ4v) is 5.40. The Morgan fingerprint density at radius 1 is 1.23 bits per heavy atom. The highest BCUT2D eigenvalue weighted by Crippen LogP contribution is 2.28. The summed E-state index contributed by atoms with van der Waals surface area (Å²) in [6, 6.07) is 8.94. The number of sulfone groups is 1. The van der Waals surface area contributed by atoms with Gasteiger partial charge in [0.15, 0.2) is 15.0 Å². The van der Waals surface area contributed by atoms with Crippen LogP contribution in [0.25, 0.3) is 15.3 Å². The molecule has 1 aromatic carbocycles. The maximum atomic E-state index is 12.4. The number of thiazole rings is 1. The second-order valence-electron chi connectivity index (χ2n) is 6.37. The van der Waals surface area contributed by atoms with Gasteiger partial charge >= 0.3 is 0 Å². The summed E-state index contributed by atoms with van der Waals surface area (Å²) in [5.41, 5.74) is 3.53. The van der Waals surface area contributed by atoms with Crippen LogP contribution in [-0.4, -0.2) is 35.7 Å². The lowest BCUT2D eigenvalue weighted by molar-refractivity contribution is 0.0948. The van der Waals surface area contributed by atoms with E-state index in [1.807, 2.05) is 32.0 Å². The second-order valence-corrected chi connectivity index (χ2v) is 9.31. The van der Waals surface area contributed by atoms with Crippen LogP contribution in [0.5, 0.6) is 0 Å². The number of amides is 1. The molecule has 1 aliphatic rings. The summed E-state index contributed by atoms with van der Waals surface area (Å²) in [6.45, 7) is 4.06. The first-order valence-electron chi connectivity index (χ1n) is 8.10. The first kappa shape index (κ1) is 17.0. The van der Waals surface area contributed by atoms with Crippen molar-refractivity contribution in [2.24, 2.45) is 0 Å². The molecule has 3 aromatic rings. The molecule has 6 nitrogen and oxygen atoms in total. The number of carbonyl (C=O) groups is 1. The molecule has 1 amide bonds. The minimum absolute atomic E-state index is 0.0854. The Labute approximate surface area is 155 Å². The third-order valence-corrected chi connectivity index (χ3v) is 6.75. The molecule has 0 bridgehead atoms. The SMILES string of the molecule is Cc1ccc(C)n1-c1nc2ccc(C(=O)N[C@@H]3C=CS(=O)(=O)C3)cc2s1. The molecule has 0 unspecified atom stereocenters. The van der Waals surface area contributed by atoms with E-state index in [0.29, 0.717) is 5.56 Å². The number of nitrogens with one attached hydrogen (secondary N) is 1. The van der Waals surface area contributed by atoms with E-state index >= 15 is 0 Å². The van der Waals surface area contributed by atoms with Crippen LogP contribution in [0.4, 0.5) is 0 Å². The molecule has 4 rings (SSSR count). The van der Waals surface area contributed by atoms with Crippen molar-refractivity contribution in [2.45, 2.75) is 19.9 Å². The van der Waals surface area contributed by atoms with E-state index in [1.54, 1.807) is 12.1 Å². The third-order valence-electron chi connectivity index (χ3n) is 4.35. The Hall–Kier alpha value is -2.45. The van der Waals surface area contributed by atoms with Crippen LogP contribution in [0.1, 0.15) is 21.7 Å². The van der Waals surface area contributed by atoms with E-state index in [9.17, 15) is 13.2 Å². The fourth-order valence-electron chi connectivity index (χ4n) is 3.04. The number of hydrogen-bond donors (Lipinski definition) is 1. The van der Waals surface area contributed by atoms with E-state index in [1.165, 1.54) is 17.4 Å². The molecule has 134 valence electrons. The molecule has 0 fully saturated rings. The van der Waals surface area contributed by atoms with Crippen LogP contribution >= 0.6 is 11.3 Å². The molecular formula is C18H17N3O3S2. The molecule has 0 saturated heterocycles. The van der Waals surface area contributed by atoms with Gasteiger partial charge in [0.25, 0.3) is 5.91 Å². The normalized spacial score (nSPS) is 18.5. The minimum atomic E-state index is -3.19. The van der Waals surface area contributed by atoms with Gasteiger partial charge in [-0.05, 0) is 50.3 Å². The van der Waals surface area contributed by atoms with Crippen LogP contribution in [0.3, 0.4) is 0 Å². The van der Waals surface area contributed by atoms with Crippen molar-refractivity contribution in [3.05, 3.63) is 58.8 Å². The lowest BCUT2D eigenvalue weighted by Gasteiger charge is -2.09. The fraction of sp³-hybridized carbons (Fsp3) is 0.222. The Morgan fingerprint density at radius 3 is 2.62 bits per heavy atom. The first-order valence-corrected chi connectivity index (χ1v) is 10.6. The van der Waals surface area contributed by atoms with Gasteiger partial charge in [-0.25, -0.2) is 13.4 Å². The Kier molecular flexibility index (Phi) is 3.96. The lowest BCUT2D eigenvalue weighted by Crippen LogP contribution is -2.35. The van der Waals surface area contributed by atoms with Gasteiger partial charge in [0.1, 0.15) is 0 Å². The monoisotopic (exact) mass is 387 g/mol. The average Bonchev–Trinajstić information content (AvgIpc) is 3.23. The summed E-state index contributed by atoms with van der Waals surface area (Å²) in [5.74, 6) is -0.375. The van der Waals surface area contributed by atoms with Crippen molar-refractivity contribution in [3.63, 3.8) is 0 Å². The highest BCUT2D eigenvalue weighted by Gasteiger charge is 2.23. The largest absolute Gasteiger partial charge is 0.345 e. The van der Waals surface area contributed by atoms with E-state index in [-0.39, 0.29) is 11.7 Å². The average molecular weight is 387 g/mol. The topological polar surface area (TPSA) is 81.1 Å². The molecule has 1 atom stereocenters. The highest BCUT2D eigenvalue weighted by molar-refractivity contribution is 7.94. The molecule has 0 saturated carbocycles. The number of fused-ring (bicyclic) bond motifs is 1. The van der Waals surface area contributed by atoms with Gasteiger partial charge < -0.3 is 5.32 Å². The van der Waals surface area contributed by atoms with Gasteiger partial charge in [0, 0.05) is 22.4 Å². The van der Waals surface area contributed by atoms with Crippen LogP contribution in [-0.2, 0) is 9.84 Å². The number of hydrogen-bond acceptors (Lipinski definition) is 5. The molecule has 2 aromatic heterocycles. The smallest absolute Gasteiger partial charge is 0.251 e. The van der Waals surface area contributed by atoms with E-state index in [2.05, 4.69) is 14.9 Å². The number of benzene rings is 1. The Morgan fingerprint density at radius 2 is 1.96 bits per heavy atom. The molecule has 3 heterocycles. The molecule has 1 N–H and O–H groups in total. The molecule has 0 spiro atoms. The number of aromatic nitrogens is 2. The van der Waals surface area contributed by atoms with Gasteiger partial charge in [-0.1, -0.05) is 11.3 Å². The van der Waals surface area contributed by atoms with Crippen LogP contribution in [0, 0.1) is 13.8 Å². The summed E-state index contributed by atoms with van der Waals surface area (Å²) in [4.78, 5) is 17.1. The van der Waals surface area contributed by atoms with Crippen molar-refractivity contribution in [1.29, 1.82) is 0 Å². The van der Waals surface area contributed by atoms with Crippen molar-refractivity contribution < 1.29 is 13.2 Å². The maximum Gasteiger partial charge on any atom is 0.251 e. The zero-order valence-electron chi connectivity index (χ0n) is 14.3. The van der Waals surface area contributed by atoms with Gasteiger partial charge in [-0.15, -0.1) is 0 Å². The van der Waals surface area contributed by atoms with Crippen molar-refractivity contribution >= 4 is 37.3 Å². The zero-order chi connectivity index (χ0) is 18.5. The number of nitrogens with zero attached hydrogens (tertiary/aromatic N) is 2. The molecule has 8 heteroatoms. The third kappa shape index (κ3) is 3.06. The molecule has 26 heavy (non-hydrogen) atoms. The van der Waals surface area contributed by atoms with E-state index in [0.717, 1.165) is 32.1 Å². The first-order chi connectivity index (χ1) is 12.3. The Bertz CT molecular complexity index is 1140. The van der Waals surface area contributed by atoms with Gasteiger partial charge in [-0.2, -0.15) is 0 Å². The van der Waals surface area contributed by atoms with Crippen LogP contribution in [0.15, 0.2) is 41.8 Å². The summed E-state index contributed by atoms with van der Waals surface area (Å²) in [7, 11) is -3.19. The van der Waals surface area contributed by atoms with E-state index in [4.69, 9.17) is 0 Å². The maximum absolute atomic E-state index is 12.4. The summed E-state index contributed by atoms with van der Waals surface area (Å²) in [6.07, 6.45) is 1.51. The van der Waals surface area contributed by atoms with Crippen LogP contribution in [0.2, 0.25) is 0 Å². The van der Waals surface area contributed by atoms with Gasteiger partial charge in [0.2, 0.25) is 0 Å². The molecule has 1 aliphatic heterocycles. The number of carbonyl (C=O) groups excluding carboxylic acids is 1. The van der Waals surface area contributed by atoms with Crippen molar-refractivity contribution in [3.8, 4) is 5.13 Å². The van der Waals surface area contributed by atoms with E-state index < -0.39 is 15.9 Å². The van der Waals surface area contributed by atoms with Gasteiger partial charge in [0.05, 0.1) is 22.0 Å². The number of aryl methyl sites for hydroxylation is 2. The zero-order valence-corrected chi connectivity index (χ0v) is 15.9. The van der Waals surface area contributed by atoms with Crippen molar-refractivity contribution in [2.75, 3.05) is 5.75 Å². The molecular weight excluding hydrogens is 370 g/mol. The Balaban J connectivity index is 1.62. The molecule has 0 radical (unpaired) electrons. The number of rotatable bonds is 3. The lowest BCUT2D eigenvalue weighted by atomic mass is 10.2. The van der Waals surface area contributed by atoms with Crippen LogP contribution < -0.4 is 5.32 Å². The van der Waals surface area contributed by atoms with Crippen molar-refractivity contribution in [1.82, 2.24) is 14.9 Å². The minimum Gasteiger partial charge on any atom is -0.345 e. The molecule has 0 aliphatic carbocycles. The summed E-state index contributed by atoms with van der Waals surface area (Å²) < 4.78 is 25.9. The second kappa shape index (κ2) is 6.07. The predicted octanol–water partition coefficient (Wildman–Crippen LogP) is 2.74.